The predicted molar refractivity (Wildman–Crippen MR) is 89.0 cm³/mol. The first-order valence-electron chi connectivity index (χ1n) is 6.92. The van der Waals surface area contributed by atoms with Crippen molar-refractivity contribution in [3.05, 3.63) is 65.2 Å². The minimum atomic E-state index is -4.45. The molecule has 0 heterocycles. The topological polar surface area (TPSA) is 50.7 Å². The fraction of sp³-hybridized carbons (Fsp3) is 0.0588. The third-order valence-corrected chi connectivity index (χ3v) is 3.82. The van der Waals surface area contributed by atoms with Gasteiger partial charge in [-0.05, 0) is 29.7 Å². The largest absolute Gasteiger partial charge is 0.417 e. The molecule has 0 saturated heterocycles. The molecule has 122 valence electrons. The Morgan fingerprint density at radius 2 is 1.50 bits per heavy atom. The number of anilines is 1. The van der Waals surface area contributed by atoms with Crippen LogP contribution in [0.4, 0.5) is 30.2 Å². The molecule has 0 radical (unpaired) electrons. The van der Waals surface area contributed by atoms with E-state index in [1.165, 1.54) is 24.3 Å². The minimum Gasteiger partial charge on any atom is -0.396 e. The first-order valence-corrected chi connectivity index (χ1v) is 7.30. The number of halogens is 4. The van der Waals surface area contributed by atoms with Crippen LogP contribution in [0.5, 0.6) is 0 Å². The molecule has 0 aromatic heterocycles. The SMILES string of the molecule is Nc1c(N=Nc2ccccc2Cl)ccc2c(C(F)(F)F)cccc12. The molecule has 3 aromatic carbocycles. The van der Waals surface area contributed by atoms with E-state index in [4.69, 9.17) is 17.3 Å². The highest BCUT2D eigenvalue weighted by molar-refractivity contribution is 6.32. The number of nitrogens with two attached hydrogens (primary N) is 1. The second-order valence-corrected chi connectivity index (χ2v) is 5.46. The second kappa shape index (κ2) is 6.13. The van der Waals surface area contributed by atoms with Crippen LogP contribution in [-0.2, 0) is 6.18 Å². The fourth-order valence-electron chi connectivity index (χ4n) is 2.34. The van der Waals surface area contributed by atoms with E-state index < -0.39 is 11.7 Å². The molecule has 7 heteroatoms. The van der Waals surface area contributed by atoms with Crippen LogP contribution in [0.1, 0.15) is 5.56 Å². The summed E-state index contributed by atoms with van der Waals surface area (Å²) in [6, 6.07) is 13.4. The Bertz CT molecular complexity index is 936. The van der Waals surface area contributed by atoms with E-state index in [1.807, 2.05) is 0 Å². The summed E-state index contributed by atoms with van der Waals surface area (Å²) in [5.74, 6) is 0. The van der Waals surface area contributed by atoms with Gasteiger partial charge in [-0.1, -0.05) is 41.9 Å². The molecule has 0 fully saturated rings. The van der Waals surface area contributed by atoms with Crippen LogP contribution in [0, 0.1) is 0 Å². The van der Waals surface area contributed by atoms with Gasteiger partial charge in [-0.15, -0.1) is 10.2 Å². The average Bonchev–Trinajstić information content (AvgIpc) is 2.54. The smallest absolute Gasteiger partial charge is 0.396 e. The van der Waals surface area contributed by atoms with Gasteiger partial charge in [-0.25, -0.2) is 0 Å². The van der Waals surface area contributed by atoms with Crippen molar-refractivity contribution < 1.29 is 13.2 Å². The number of nitrogens with zero attached hydrogens (tertiary/aromatic N) is 2. The molecule has 0 atom stereocenters. The Labute approximate surface area is 140 Å². The standard InChI is InChI=1S/C17H11ClF3N3/c18-13-6-1-2-7-14(13)23-24-15-9-8-10-11(16(15)22)4-3-5-12(10)17(19,20)21/h1-9H,22H2. The van der Waals surface area contributed by atoms with E-state index in [0.717, 1.165) is 6.07 Å². The van der Waals surface area contributed by atoms with Crippen LogP contribution in [0.15, 0.2) is 64.8 Å². The van der Waals surface area contributed by atoms with Crippen molar-refractivity contribution in [3.8, 4) is 0 Å². The lowest BCUT2D eigenvalue weighted by molar-refractivity contribution is -0.136. The van der Waals surface area contributed by atoms with Gasteiger partial charge in [0.25, 0.3) is 0 Å². The van der Waals surface area contributed by atoms with E-state index in [0.29, 0.717) is 10.7 Å². The van der Waals surface area contributed by atoms with Gasteiger partial charge >= 0.3 is 6.18 Å². The maximum atomic E-state index is 13.1. The van der Waals surface area contributed by atoms with Crippen LogP contribution in [0.2, 0.25) is 5.02 Å². The normalized spacial score (nSPS) is 12.2. The zero-order valence-electron chi connectivity index (χ0n) is 12.2. The molecule has 0 aliphatic carbocycles. The summed E-state index contributed by atoms with van der Waals surface area (Å²) in [7, 11) is 0. The van der Waals surface area contributed by atoms with Crippen LogP contribution in [0.3, 0.4) is 0 Å². The molecular formula is C17H11ClF3N3. The number of hydrogen-bond acceptors (Lipinski definition) is 3. The first-order chi connectivity index (χ1) is 11.4. The molecule has 2 N–H and O–H groups in total. The summed E-state index contributed by atoms with van der Waals surface area (Å²) >= 11 is 5.99. The van der Waals surface area contributed by atoms with E-state index in [2.05, 4.69) is 10.2 Å². The van der Waals surface area contributed by atoms with Gasteiger partial charge < -0.3 is 5.73 Å². The lowest BCUT2D eigenvalue weighted by atomic mass is 10.0. The maximum Gasteiger partial charge on any atom is 0.417 e. The summed E-state index contributed by atoms with van der Waals surface area (Å²) in [5, 5.41) is 8.74. The van der Waals surface area contributed by atoms with Crippen LogP contribution < -0.4 is 5.73 Å². The number of nitrogen functional groups attached to an aromatic ring is 1. The van der Waals surface area contributed by atoms with Crippen molar-refractivity contribution in [2.45, 2.75) is 6.18 Å². The summed E-state index contributed by atoms with van der Waals surface area (Å²) in [6.45, 7) is 0. The van der Waals surface area contributed by atoms with Crippen LogP contribution in [0.25, 0.3) is 10.8 Å². The van der Waals surface area contributed by atoms with Crippen LogP contribution in [-0.4, -0.2) is 0 Å². The molecule has 0 amide bonds. The molecule has 0 saturated carbocycles. The molecule has 3 aromatic rings. The zero-order chi connectivity index (χ0) is 17.3. The third-order valence-electron chi connectivity index (χ3n) is 3.50. The molecule has 0 unspecified atom stereocenters. The van der Waals surface area contributed by atoms with Gasteiger partial charge in [0.2, 0.25) is 0 Å². The number of benzene rings is 3. The van der Waals surface area contributed by atoms with Gasteiger partial charge in [-0.3, -0.25) is 0 Å². The number of rotatable bonds is 2. The van der Waals surface area contributed by atoms with E-state index in [9.17, 15) is 13.2 Å². The summed E-state index contributed by atoms with van der Waals surface area (Å²) in [4.78, 5) is 0. The molecule has 0 aliphatic heterocycles. The van der Waals surface area contributed by atoms with Crippen molar-refractivity contribution in [2.24, 2.45) is 10.2 Å². The van der Waals surface area contributed by atoms with E-state index in [-0.39, 0.29) is 22.1 Å². The molecule has 0 spiro atoms. The lowest BCUT2D eigenvalue weighted by Crippen LogP contribution is -2.05. The van der Waals surface area contributed by atoms with E-state index in [1.54, 1.807) is 24.3 Å². The van der Waals surface area contributed by atoms with Gasteiger partial charge in [0.05, 0.1) is 16.3 Å². The molecule has 0 aliphatic rings. The highest BCUT2D eigenvalue weighted by atomic mass is 35.5. The summed E-state index contributed by atoms with van der Waals surface area (Å²) in [6.07, 6.45) is -4.45. The molecule has 0 bridgehead atoms. The number of fused-ring (bicyclic) bond motifs is 1. The maximum absolute atomic E-state index is 13.1. The zero-order valence-corrected chi connectivity index (χ0v) is 12.9. The van der Waals surface area contributed by atoms with Crippen molar-refractivity contribution in [3.63, 3.8) is 0 Å². The quantitative estimate of drug-likeness (QED) is 0.416. The molecular weight excluding hydrogens is 339 g/mol. The van der Waals surface area contributed by atoms with E-state index >= 15 is 0 Å². The minimum absolute atomic E-state index is 0.0270. The Kier molecular flexibility index (Phi) is 4.15. The third kappa shape index (κ3) is 3.05. The molecule has 3 rings (SSSR count). The number of azo groups is 1. The Balaban J connectivity index is 2.09. The van der Waals surface area contributed by atoms with Gasteiger partial charge in [0.1, 0.15) is 11.4 Å². The highest BCUT2D eigenvalue weighted by Gasteiger charge is 2.32. The summed E-state index contributed by atoms with van der Waals surface area (Å²) in [5.41, 5.74) is 6.10. The second-order valence-electron chi connectivity index (χ2n) is 5.05. The van der Waals surface area contributed by atoms with Crippen molar-refractivity contribution >= 4 is 39.4 Å². The molecule has 24 heavy (non-hydrogen) atoms. The Hall–Kier alpha value is -2.60. The lowest BCUT2D eigenvalue weighted by Gasteiger charge is -2.12. The monoisotopic (exact) mass is 349 g/mol. The number of alkyl halides is 3. The fourth-order valence-corrected chi connectivity index (χ4v) is 2.52. The first kappa shape index (κ1) is 16.3. The van der Waals surface area contributed by atoms with Crippen molar-refractivity contribution in [1.29, 1.82) is 0 Å². The Morgan fingerprint density at radius 1 is 0.792 bits per heavy atom. The number of hydrogen-bond donors (Lipinski definition) is 1. The Morgan fingerprint density at radius 3 is 2.21 bits per heavy atom. The van der Waals surface area contributed by atoms with Gasteiger partial charge in [-0.2, -0.15) is 13.2 Å². The van der Waals surface area contributed by atoms with Gasteiger partial charge in [0, 0.05) is 5.39 Å². The van der Waals surface area contributed by atoms with Crippen LogP contribution >= 0.6 is 11.6 Å². The average molecular weight is 350 g/mol. The predicted octanol–water partition coefficient (Wildman–Crippen LogP) is 6.51. The molecule has 3 nitrogen and oxygen atoms in total. The summed E-state index contributed by atoms with van der Waals surface area (Å²) < 4.78 is 39.2. The highest BCUT2D eigenvalue weighted by Crippen LogP contribution is 2.39. The van der Waals surface area contributed by atoms with Crippen molar-refractivity contribution in [1.82, 2.24) is 0 Å². The van der Waals surface area contributed by atoms with Crippen molar-refractivity contribution in [2.75, 3.05) is 5.73 Å². The van der Waals surface area contributed by atoms with Gasteiger partial charge in [0.15, 0.2) is 0 Å².